The summed E-state index contributed by atoms with van der Waals surface area (Å²) < 4.78 is 16.9. The fourth-order valence-corrected chi connectivity index (χ4v) is 3.39. The van der Waals surface area contributed by atoms with Crippen molar-refractivity contribution in [1.29, 1.82) is 0 Å². The molecule has 2 aromatic rings. The molecule has 0 bridgehead atoms. The van der Waals surface area contributed by atoms with Crippen LogP contribution in [0.2, 0.25) is 0 Å². The molecule has 1 saturated heterocycles. The van der Waals surface area contributed by atoms with E-state index in [2.05, 4.69) is 44.8 Å². The van der Waals surface area contributed by atoms with Gasteiger partial charge >= 0.3 is 0 Å². The average molecular weight is 524 g/mol. The third-order valence-corrected chi connectivity index (χ3v) is 5.01. The minimum Gasteiger partial charge on any atom is -0.490 e. The minimum absolute atomic E-state index is 0. The van der Waals surface area contributed by atoms with E-state index in [1.807, 2.05) is 18.2 Å². The Balaban J connectivity index is 0.00000256. The van der Waals surface area contributed by atoms with Gasteiger partial charge in [-0.2, -0.15) is 0 Å². The number of morpholine rings is 1. The molecule has 162 valence electrons. The third kappa shape index (κ3) is 5.91. The molecule has 0 unspecified atom stereocenters. The number of anilines is 2. The summed E-state index contributed by atoms with van der Waals surface area (Å²) in [7, 11) is 1.76. The maximum atomic E-state index is 5.76. The molecule has 0 saturated carbocycles. The monoisotopic (exact) mass is 524 g/mol. The van der Waals surface area contributed by atoms with Crippen LogP contribution >= 0.6 is 24.0 Å². The summed E-state index contributed by atoms with van der Waals surface area (Å²) in [5.74, 6) is 2.26. The number of hydrogen-bond acceptors (Lipinski definition) is 5. The van der Waals surface area contributed by atoms with E-state index < -0.39 is 0 Å². The standard InChI is InChI=1S/C22H28N4O3.HI/c1-23-22(25-18-5-8-20-21(15-18)29-12-2-11-28-20)24-16-17-3-6-19(7-4-17)26-9-13-27-14-10-26;/h3-8,15H,2,9-14,16H2,1H3,(H2,23,24,25);1H. The van der Waals surface area contributed by atoms with E-state index in [-0.39, 0.29) is 24.0 Å². The van der Waals surface area contributed by atoms with E-state index in [9.17, 15) is 0 Å². The van der Waals surface area contributed by atoms with Crippen molar-refractivity contribution in [3.05, 3.63) is 48.0 Å². The Bertz CT molecular complexity index is 839. The first-order chi connectivity index (χ1) is 14.3. The van der Waals surface area contributed by atoms with Gasteiger partial charge in [0, 0.05) is 50.5 Å². The van der Waals surface area contributed by atoms with Gasteiger partial charge in [0.25, 0.3) is 0 Å². The lowest BCUT2D eigenvalue weighted by Gasteiger charge is -2.28. The second kappa shape index (κ2) is 11.3. The highest BCUT2D eigenvalue weighted by Crippen LogP contribution is 2.32. The smallest absolute Gasteiger partial charge is 0.195 e. The van der Waals surface area contributed by atoms with Crippen molar-refractivity contribution in [2.24, 2.45) is 4.99 Å². The summed E-state index contributed by atoms with van der Waals surface area (Å²) in [6, 6.07) is 14.5. The molecule has 0 radical (unpaired) electrons. The van der Waals surface area contributed by atoms with Gasteiger partial charge in [-0.25, -0.2) is 0 Å². The van der Waals surface area contributed by atoms with Gasteiger partial charge in [-0.1, -0.05) is 12.1 Å². The van der Waals surface area contributed by atoms with Gasteiger partial charge in [0.2, 0.25) is 0 Å². The summed E-state index contributed by atoms with van der Waals surface area (Å²) in [5, 5.41) is 6.67. The number of halogens is 1. The highest BCUT2D eigenvalue weighted by atomic mass is 127. The first kappa shape index (κ1) is 22.5. The molecule has 1 fully saturated rings. The number of benzene rings is 2. The predicted octanol–water partition coefficient (Wildman–Crippen LogP) is 3.49. The quantitative estimate of drug-likeness (QED) is 0.363. The van der Waals surface area contributed by atoms with Crippen LogP contribution in [0, 0.1) is 0 Å². The Labute approximate surface area is 194 Å². The number of guanidine groups is 1. The number of nitrogens with one attached hydrogen (secondary N) is 2. The molecule has 7 nitrogen and oxygen atoms in total. The molecule has 30 heavy (non-hydrogen) atoms. The Morgan fingerprint density at radius 3 is 2.43 bits per heavy atom. The number of fused-ring (bicyclic) bond motifs is 1. The van der Waals surface area contributed by atoms with E-state index in [1.165, 1.54) is 11.3 Å². The number of aliphatic imine (C=N–C) groups is 1. The van der Waals surface area contributed by atoms with Crippen molar-refractivity contribution in [2.45, 2.75) is 13.0 Å². The van der Waals surface area contributed by atoms with Crippen LogP contribution in [-0.2, 0) is 11.3 Å². The van der Waals surface area contributed by atoms with Crippen molar-refractivity contribution in [3.63, 3.8) is 0 Å². The molecule has 2 aromatic carbocycles. The Morgan fingerprint density at radius 2 is 1.70 bits per heavy atom. The lowest BCUT2D eigenvalue weighted by molar-refractivity contribution is 0.122. The second-order valence-electron chi connectivity index (χ2n) is 7.03. The maximum Gasteiger partial charge on any atom is 0.195 e. The lowest BCUT2D eigenvalue weighted by atomic mass is 10.2. The van der Waals surface area contributed by atoms with Gasteiger partial charge in [0.1, 0.15) is 0 Å². The van der Waals surface area contributed by atoms with Crippen LogP contribution in [0.4, 0.5) is 11.4 Å². The highest BCUT2D eigenvalue weighted by molar-refractivity contribution is 14.0. The zero-order chi connectivity index (χ0) is 19.9. The maximum absolute atomic E-state index is 5.76. The Morgan fingerprint density at radius 1 is 0.967 bits per heavy atom. The summed E-state index contributed by atoms with van der Waals surface area (Å²) in [6.07, 6.45) is 0.894. The van der Waals surface area contributed by atoms with Crippen molar-refractivity contribution >= 4 is 41.3 Å². The molecule has 0 atom stereocenters. The van der Waals surface area contributed by atoms with Crippen LogP contribution in [0.25, 0.3) is 0 Å². The molecular weight excluding hydrogens is 495 g/mol. The SMILES string of the molecule is CN=C(NCc1ccc(N2CCOCC2)cc1)Nc1ccc2c(c1)OCCCO2.I. The molecule has 0 aromatic heterocycles. The van der Waals surface area contributed by atoms with Crippen molar-refractivity contribution in [2.75, 3.05) is 56.8 Å². The normalized spacial score (nSPS) is 16.3. The predicted molar refractivity (Wildman–Crippen MR) is 131 cm³/mol. The number of nitrogens with zero attached hydrogens (tertiary/aromatic N) is 2. The molecular formula is C22H29IN4O3. The first-order valence-corrected chi connectivity index (χ1v) is 10.1. The molecule has 8 heteroatoms. The van der Waals surface area contributed by atoms with Gasteiger partial charge in [-0.3, -0.25) is 4.99 Å². The van der Waals surface area contributed by atoms with E-state index in [1.54, 1.807) is 7.05 Å². The second-order valence-corrected chi connectivity index (χ2v) is 7.03. The average Bonchev–Trinajstić information content (AvgIpc) is 3.02. The van der Waals surface area contributed by atoms with Crippen LogP contribution < -0.4 is 25.0 Å². The summed E-state index contributed by atoms with van der Waals surface area (Å²) >= 11 is 0. The van der Waals surface area contributed by atoms with E-state index in [4.69, 9.17) is 14.2 Å². The van der Waals surface area contributed by atoms with Crippen LogP contribution in [-0.4, -0.2) is 52.5 Å². The van der Waals surface area contributed by atoms with Crippen molar-refractivity contribution < 1.29 is 14.2 Å². The Kier molecular flexibility index (Phi) is 8.44. The largest absolute Gasteiger partial charge is 0.490 e. The van der Waals surface area contributed by atoms with Crippen LogP contribution in [0.15, 0.2) is 47.5 Å². The van der Waals surface area contributed by atoms with Crippen LogP contribution in [0.3, 0.4) is 0 Å². The summed E-state index contributed by atoms with van der Waals surface area (Å²) in [5.41, 5.74) is 3.35. The van der Waals surface area contributed by atoms with Crippen LogP contribution in [0.5, 0.6) is 11.5 Å². The third-order valence-electron chi connectivity index (χ3n) is 5.01. The van der Waals surface area contributed by atoms with Crippen molar-refractivity contribution in [1.82, 2.24) is 5.32 Å². The lowest BCUT2D eigenvalue weighted by Crippen LogP contribution is -2.36. The molecule has 2 heterocycles. The summed E-state index contributed by atoms with van der Waals surface area (Å²) in [4.78, 5) is 6.67. The molecule has 4 rings (SSSR count). The topological polar surface area (TPSA) is 67.4 Å². The van der Waals surface area contributed by atoms with Gasteiger partial charge in [0.15, 0.2) is 17.5 Å². The minimum atomic E-state index is 0. The van der Waals surface area contributed by atoms with E-state index in [0.717, 1.165) is 49.9 Å². The summed E-state index contributed by atoms with van der Waals surface area (Å²) in [6.45, 7) is 5.54. The Hall–Kier alpha value is -2.20. The van der Waals surface area contributed by atoms with Gasteiger partial charge in [0.05, 0.1) is 26.4 Å². The van der Waals surface area contributed by atoms with Gasteiger partial charge in [-0.15, -0.1) is 24.0 Å². The van der Waals surface area contributed by atoms with E-state index >= 15 is 0 Å². The highest BCUT2D eigenvalue weighted by Gasteiger charge is 2.12. The van der Waals surface area contributed by atoms with Gasteiger partial charge < -0.3 is 29.7 Å². The molecule has 0 aliphatic carbocycles. The molecule has 0 spiro atoms. The number of rotatable bonds is 4. The molecule has 2 N–H and O–H groups in total. The van der Waals surface area contributed by atoms with Crippen molar-refractivity contribution in [3.8, 4) is 11.5 Å². The molecule has 2 aliphatic rings. The molecule has 2 aliphatic heterocycles. The number of ether oxygens (including phenoxy) is 3. The van der Waals surface area contributed by atoms with Gasteiger partial charge in [-0.05, 0) is 29.8 Å². The van der Waals surface area contributed by atoms with E-state index in [0.29, 0.717) is 25.7 Å². The molecule has 0 amide bonds. The fourth-order valence-electron chi connectivity index (χ4n) is 3.39. The first-order valence-electron chi connectivity index (χ1n) is 10.1. The zero-order valence-corrected chi connectivity index (χ0v) is 19.6. The number of hydrogen-bond donors (Lipinski definition) is 2. The fraction of sp³-hybridized carbons (Fsp3) is 0.409. The van der Waals surface area contributed by atoms with Crippen LogP contribution in [0.1, 0.15) is 12.0 Å². The zero-order valence-electron chi connectivity index (χ0n) is 17.2.